The predicted octanol–water partition coefficient (Wildman–Crippen LogP) is 2.25. The van der Waals surface area contributed by atoms with Gasteiger partial charge in [0.1, 0.15) is 17.7 Å². The highest BCUT2D eigenvalue weighted by Gasteiger charge is 2.22. The Hall–Kier alpha value is -3.74. The summed E-state index contributed by atoms with van der Waals surface area (Å²) >= 11 is 1.20. The standard InChI is InChI=1S/C21H25FN10OS/c1-4-23-18-27-19(24-5-2)32-20(28-18)29-30-21(32)34-12-15(33)26-16(17-25-9-10-31(17)3)13-7-6-8-14(22)11-13/h6-11,16H,4-5,12H2,1-3H3,(H,26,33)(H2,23,24,27,28,29). The van der Waals surface area contributed by atoms with Crippen molar-refractivity contribution in [1.82, 2.24) is 39.4 Å². The molecular weight excluding hydrogens is 459 g/mol. The lowest BCUT2D eigenvalue weighted by Crippen LogP contribution is -2.32. The van der Waals surface area contributed by atoms with Crippen LogP contribution in [-0.2, 0) is 11.8 Å². The van der Waals surface area contributed by atoms with Crippen LogP contribution >= 0.6 is 11.8 Å². The number of halogens is 1. The van der Waals surface area contributed by atoms with Crippen LogP contribution in [0.5, 0.6) is 0 Å². The smallest absolute Gasteiger partial charge is 0.261 e. The number of hydrogen-bond donors (Lipinski definition) is 3. The molecule has 0 fully saturated rings. The Morgan fingerprint density at radius 2 is 2.00 bits per heavy atom. The quantitative estimate of drug-likeness (QED) is 0.290. The first-order chi connectivity index (χ1) is 16.5. The number of benzene rings is 1. The molecule has 34 heavy (non-hydrogen) atoms. The fourth-order valence-electron chi connectivity index (χ4n) is 3.37. The number of fused-ring (bicyclic) bond motifs is 1. The molecule has 1 unspecified atom stereocenters. The van der Waals surface area contributed by atoms with Crippen molar-refractivity contribution in [3.63, 3.8) is 0 Å². The zero-order valence-electron chi connectivity index (χ0n) is 19.0. The molecule has 178 valence electrons. The summed E-state index contributed by atoms with van der Waals surface area (Å²) in [6.07, 6.45) is 3.41. The number of amides is 1. The second-order valence-electron chi connectivity index (χ2n) is 7.29. The maximum atomic E-state index is 13.9. The molecule has 11 nitrogen and oxygen atoms in total. The molecule has 0 aliphatic heterocycles. The molecule has 0 spiro atoms. The number of nitrogens with one attached hydrogen (secondary N) is 3. The highest BCUT2D eigenvalue weighted by molar-refractivity contribution is 7.99. The minimum Gasteiger partial charge on any atom is -0.355 e. The van der Waals surface area contributed by atoms with E-state index in [-0.39, 0.29) is 17.5 Å². The Bertz CT molecular complexity index is 1290. The van der Waals surface area contributed by atoms with Gasteiger partial charge in [0.2, 0.25) is 17.8 Å². The largest absolute Gasteiger partial charge is 0.355 e. The van der Waals surface area contributed by atoms with Crippen LogP contribution in [0.3, 0.4) is 0 Å². The van der Waals surface area contributed by atoms with Crippen LogP contribution in [0.25, 0.3) is 5.78 Å². The van der Waals surface area contributed by atoms with E-state index in [1.54, 1.807) is 33.5 Å². The van der Waals surface area contributed by atoms with Gasteiger partial charge in [-0.1, -0.05) is 23.9 Å². The zero-order valence-corrected chi connectivity index (χ0v) is 19.8. The Morgan fingerprint density at radius 3 is 2.71 bits per heavy atom. The molecule has 3 aromatic heterocycles. The first-order valence-electron chi connectivity index (χ1n) is 10.8. The van der Waals surface area contributed by atoms with Gasteiger partial charge in [0.15, 0.2) is 5.16 Å². The number of thioether (sulfide) groups is 1. The van der Waals surface area contributed by atoms with E-state index in [1.807, 2.05) is 20.9 Å². The molecule has 3 heterocycles. The molecule has 0 saturated carbocycles. The Balaban J connectivity index is 1.54. The molecule has 0 bridgehead atoms. The number of nitrogens with zero attached hydrogens (tertiary/aromatic N) is 7. The van der Waals surface area contributed by atoms with Crippen molar-refractivity contribution in [2.24, 2.45) is 7.05 Å². The van der Waals surface area contributed by atoms with Gasteiger partial charge in [-0.25, -0.2) is 13.8 Å². The van der Waals surface area contributed by atoms with Crippen molar-refractivity contribution in [1.29, 1.82) is 0 Å². The summed E-state index contributed by atoms with van der Waals surface area (Å²) in [4.78, 5) is 26.1. The number of anilines is 2. The third kappa shape index (κ3) is 5.09. The lowest BCUT2D eigenvalue weighted by atomic mass is 10.1. The van der Waals surface area contributed by atoms with Crippen molar-refractivity contribution in [2.45, 2.75) is 25.0 Å². The van der Waals surface area contributed by atoms with E-state index in [0.717, 1.165) is 0 Å². The maximum absolute atomic E-state index is 13.9. The SMILES string of the molecule is CCNc1nc(NCC)n2c(SCC(=O)NC(c3cccc(F)c3)c3nccn3C)nnc2n1. The van der Waals surface area contributed by atoms with Crippen LogP contribution in [0.15, 0.2) is 41.8 Å². The van der Waals surface area contributed by atoms with E-state index in [1.165, 1.54) is 23.9 Å². The molecule has 0 aliphatic rings. The summed E-state index contributed by atoms with van der Waals surface area (Å²) in [7, 11) is 1.82. The summed E-state index contributed by atoms with van der Waals surface area (Å²) in [6.45, 7) is 5.21. The van der Waals surface area contributed by atoms with E-state index in [4.69, 9.17) is 0 Å². The third-order valence-corrected chi connectivity index (χ3v) is 5.78. The molecule has 0 saturated heterocycles. The van der Waals surface area contributed by atoms with Gasteiger partial charge in [-0.3, -0.25) is 4.79 Å². The van der Waals surface area contributed by atoms with E-state index in [2.05, 4.69) is 41.1 Å². The van der Waals surface area contributed by atoms with E-state index in [9.17, 15) is 9.18 Å². The molecule has 0 radical (unpaired) electrons. The highest BCUT2D eigenvalue weighted by Crippen LogP contribution is 2.24. The van der Waals surface area contributed by atoms with Crippen LogP contribution < -0.4 is 16.0 Å². The van der Waals surface area contributed by atoms with E-state index in [0.29, 0.717) is 47.3 Å². The number of rotatable bonds is 10. The first kappa shape index (κ1) is 23.4. The molecule has 3 N–H and O–H groups in total. The minimum atomic E-state index is -0.609. The second-order valence-corrected chi connectivity index (χ2v) is 8.23. The molecule has 4 aromatic rings. The van der Waals surface area contributed by atoms with Gasteiger partial charge in [-0.05, 0) is 31.5 Å². The molecular formula is C21H25FN10OS. The topological polar surface area (TPSA) is 127 Å². The van der Waals surface area contributed by atoms with E-state index >= 15 is 0 Å². The predicted molar refractivity (Wildman–Crippen MR) is 127 cm³/mol. The molecule has 1 amide bonds. The zero-order chi connectivity index (χ0) is 24.1. The van der Waals surface area contributed by atoms with Crippen molar-refractivity contribution >= 4 is 35.3 Å². The van der Waals surface area contributed by atoms with Crippen molar-refractivity contribution < 1.29 is 9.18 Å². The molecule has 13 heteroatoms. The average Bonchev–Trinajstić information content (AvgIpc) is 3.42. The van der Waals surface area contributed by atoms with Gasteiger partial charge in [0.05, 0.1) is 5.75 Å². The number of carbonyl (C=O) groups excluding carboxylic acids is 1. The van der Waals surface area contributed by atoms with Gasteiger partial charge in [0.25, 0.3) is 5.78 Å². The van der Waals surface area contributed by atoms with Crippen molar-refractivity contribution in [3.8, 4) is 0 Å². The number of aryl methyl sites for hydroxylation is 1. The lowest BCUT2D eigenvalue weighted by molar-refractivity contribution is -0.119. The van der Waals surface area contributed by atoms with Gasteiger partial charge < -0.3 is 20.5 Å². The highest BCUT2D eigenvalue weighted by atomic mass is 32.2. The van der Waals surface area contributed by atoms with Crippen molar-refractivity contribution in [3.05, 3.63) is 53.9 Å². The number of carbonyl (C=O) groups is 1. The van der Waals surface area contributed by atoms with Crippen LogP contribution in [0.1, 0.15) is 31.3 Å². The van der Waals surface area contributed by atoms with E-state index < -0.39 is 6.04 Å². The first-order valence-corrected chi connectivity index (χ1v) is 11.7. The number of imidazole rings is 1. The summed E-state index contributed by atoms with van der Waals surface area (Å²) < 4.78 is 17.3. The molecule has 4 rings (SSSR count). The second kappa shape index (κ2) is 10.5. The number of hydrogen-bond acceptors (Lipinski definition) is 9. The summed E-state index contributed by atoms with van der Waals surface area (Å²) in [6, 6.07) is 5.50. The third-order valence-electron chi connectivity index (χ3n) is 4.85. The fourth-order valence-corrected chi connectivity index (χ4v) is 4.11. The fraction of sp³-hybridized carbons (Fsp3) is 0.333. The van der Waals surface area contributed by atoms with Gasteiger partial charge in [-0.2, -0.15) is 9.97 Å². The summed E-state index contributed by atoms with van der Waals surface area (Å²) in [5, 5.41) is 18.0. The number of aromatic nitrogens is 7. The Morgan fingerprint density at radius 1 is 1.18 bits per heavy atom. The van der Waals surface area contributed by atoms with Crippen LogP contribution in [0.2, 0.25) is 0 Å². The lowest BCUT2D eigenvalue weighted by Gasteiger charge is -2.19. The van der Waals surface area contributed by atoms with Crippen LogP contribution in [0, 0.1) is 5.82 Å². The summed E-state index contributed by atoms with van der Waals surface area (Å²) in [5.41, 5.74) is 0.597. The Kier molecular flexibility index (Phi) is 7.21. The van der Waals surface area contributed by atoms with Crippen LogP contribution in [0.4, 0.5) is 16.3 Å². The molecule has 1 aromatic carbocycles. The normalized spacial score (nSPS) is 12.0. The van der Waals surface area contributed by atoms with Crippen LogP contribution in [-0.4, -0.2) is 58.9 Å². The minimum absolute atomic E-state index is 0.0531. The average molecular weight is 485 g/mol. The van der Waals surface area contributed by atoms with Gasteiger partial charge in [-0.15, -0.1) is 10.2 Å². The van der Waals surface area contributed by atoms with Crippen molar-refractivity contribution in [2.75, 3.05) is 29.5 Å². The molecule has 0 aliphatic carbocycles. The maximum Gasteiger partial charge on any atom is 0.261 e. The molecule has 1 atom stereocenters. The Labute approximate surface area is 199 Å². The van der Waals surface area contributed by atoms with Gasteiger partial charge >= 0.3 is 0 Å². The monoisotopic (exact) mass is 484 g/mol. The summed E-state index contributed by atoms with van der Waals surface area (Å²) in [5.74, 6) is 1.34. The van der Waals surface area contributed by atoms with Gasteiger partial charge in [0, 0.05) is 32.5 Å².